The van der Waals surface area contributed by atoms with Crippen molar-refractivity contribution >= 4 is 8.32 Å². The Bertz CT molecular complexity index is 353. The Morgan fingerprint density at radius 2 is 1.50 bits per heavy atom. The lowest BCUT2D eigenvalue weighted by Gasteiger charge is -2.36. The van der Waals surface area contributed by atoms with Crippen LogP contribution in [0.1, 0.15) is 20.8 Å². The molecular formula is C13H22O2Si. The zero-order valence-corrected chi connectivity index (χ0v) is 12.1. The normalized spacial score (nSPS) is 12.4. The largest absolute Gasteiger partial charge is 0.541 e. The number of ether oxygens (including phenoxy) is 1. The topological polar surface area (TPSA) is 18.5 Å². The smallest absolute Gasteiger partial charge is 0.250 e. The lowest BCUT2D eigenvalue weighted by Crippen LogP contribution is -2.43. The number of hydrogen-bond donors (Lipinski definition) is 0. The van der Waals surface area contributed by atoms with E-state index in [0.717, 1.165) is 11.5 Å². The molecule has 0 aliphatic rings. The first kappa shape index (κ1) is 13.1. The fourth-order valence-electron chi connectivity index (χ4n) is 1.13. The number of methoxy groups -OCH3 is 1. The summed E-state index contributed by atoms with van der Waals surface area (Å²) in [7, 11) is -0.0989. The summed E-state index contributed by atoms with van der Waals surface area (Å²) in [5.41, 5.74) is 0. The Kier molecular flexibility index (Phi) is 3.68. The Morgan fingerprint density at radius 3 is 1.94 bits per heavy atom. The van der Waals surface area contributed by atoms with Gasteiger partial charge in [0, 0.05) is 0 Å². The van der Waals surface area contributed by atoms with Crippen LogP contribution in [-0.4, -0.2) is 15.4 Å². The van der Waals surface area contributed by atoms with Gasteiger partial charge in [-0.1, -0.05) is 32.9 Å². The van der Waals surface area contributed by atoms with Crippen LogP contribution in [0.5, 0.6) is 11.5 Å². The van der Waals surface area contributed by atoms with Gasteiger partial charge in [0.05, 0.1) is 7.11 Å². The summed E-state index contributed by atoms with van der Waals surface area (Å²) in [6, 6.07) is 7.84. The Labute approximate surface area is 99.7 Å². The van der Waals surface area contributed by atoms with Gasteiger partial charge in [0.2, 0.25) is 0 Å². The highest BCUT2D eigenvalue weighted by molar-refractivity contribution is 6.74. The van der Waals surface area contributed by atoms with Crippen LogP contribution >= 0.6 is 0 Å². The molecule has 2 nitrogen and oxygen atoms in total. The molecule has 0 saturated heterocycles. The van der Waals surface area contributed by atoms with Crippen LogP contribution in [0, 0.1) is 0 Å². The molecule has 1 rings (SSSR count). The van der Waals surface area contributed by atoms with Crippen LogP contribution in [-0.2, 0) is 0 Å². The second kappa shape index (κ2) is 4.50. The quantitative estimate of drug-likeness (QED) is 0.739. The first-order chi connectivity index (χ1) is 7.28. The molecule has 0 heterocycles. The minimum absolute atomic E-state index is 0.202. The molecule has 3 heteroatoms. The van der Waals surface area contributed by atoms with E-state index >= 15 is 0 Å². The highest BCUT2D eigenvalue weighted by Crippen LogP contribution is 2.39. The molecule has 0 amide bonds. The summed E-state index contributed by atoms with van der Waals surface area (Å²) in [5.74, 6) is 1.67. The third kappa shape index (κ3) is 2.79. The van der Waals surface area contributed by atoms with Crippen molar-refractivity contribution in [3.63, 3.8) is 0 Å². The summed E-state index contributed by atoms with van der Waals surface area (Å²) in [4.78, 5) is 0. The summed E-state index contributed by atoms with van der Waals surface area (Å²) in [6.45, 7) is 11.2. The SMILES string of the molecule is COc1ccccc1O[Si](C)(C)C(C)(C)C. The maximum Gasteiger partial charge on any atom is 0.250 e. The van der Waals surface area contributed by atoms with E-state index < -0.39 is 8.32 Å². The molecule has 0 aromatic heterocycles. The molecule has 16 heavy (non-hydrogen) atoms. The van der Waals surface area contributed by atoms with Crippen molar-refractivity contribution in [1.82, 2.24) is 0 Å². The molecule has 1 aromatic carbocycles. The van der Waals surface area contributed by atoms with Gasteiger partial charge in [-0.3, -0.25) is 0 Å². The van der Waals surface area contributed by atoms with E-state index in [2.05, 4.69) is 33.9 Å². The van der Waals surface area contributed by atoms with Gasteiger partial charge in [0.25, 0.3) is 8.32 Å². The van der Waals surface area contributed by atoms with Crippen molar-refractivity contribution in [3.05, 3.63) is 24.3 Å². The van der Waals surface area contributed by atoms with Crippen molar-refractivity contribution in [2.45, 2.75) is 38.9 Å². The molecule has 0 N–H and O–H groups in total. The van der Waals surface area contributed by atoms with Crippen molar-refractivity contribution in [3.8, 4) is 11.5 Å². The van der Waals surface area contributed by atoms with E-state index in [-0.39, 0.29) is 5.04 Å². The van der Waals surface area contributed by atoms with Gasteiger partial charge in [-0.15, -0.1) is 0 Å². The van der Waals surface area contributed by atoms with E-state index in [1.54, 1.807) is 7.11 Å². The lowest BCUT2D eigenvalue weighted by molar-refractivity contribution is 0.386. The lowest BCUT2D eigenvalue weighted by atomic mass is 10.2. The minimum atomic E-state index is -1.77. The van der Waals surface area contributed by atoms with Crippen LogP contribution in [0.4, 0.5) is 0 Å². The summed E-state index contributed by atoms with van der Waals surface area (Å²) < 4.78 is 11.5. The van der Waals surface area contributed by atoms with Gasteiger partial charge in [0.1, 0.15) is 5.75 Å². The van der Waals surface area contributed by atoms with Gasteiger partial charge in [0.15, 0.2) is 5.75 Å². The summed E-state index contributed by atoms with van der Waals surface area (Å²) in [5, 5.41) is 0.202. The molecule has 0 aliphatic carbocycles. The van der Waals surface area contributed by atoms with Crippen LogP contribution in [0.15, 0.2) is 24.3 Å². The average molecular weight is 238 g/mol. The van der Waals surface area contributed by atoms with Crippen LogP contribution in [0.3, 0.4) is 0 Å². The van der Waals surface area contributed by atoms with Crippen molar-refractivity contribution in [2.75, 3.05) is 7.11 Å². The monoisotopic (exact) mass is 238 g/mol. The molecule has 0 spiro atoms. The second-order valence-electron chi connectivity index (χ2n) is 5.51. The molecular weight excluding hydrogens is 216 g/mol. The zero-order valence-electron chi connectivity index (χ0n) is 11.1. The maximum absolute atomic E-state index is 6.20. The predicted molar refractivity (Wildman–Crippen MR) is 70.8 cm³/mol. The first-order valence-electron chi connectivity index (χ1n) is 5.60. The fourth-order valence-corrected chi connectivity index (χ4v) is 2.16. The van der Waals surface area contributed by atoms with Crippen LogP contribution in [0.25, 0.3) is 0 Å². The molecule has 0 bridgehead atoms. The molecule has 0 unspecified atom stereocenters. The average Bonchev–Trinajstić information content (AvgIpc) is 2.16. The number of rotatable bonds is 3. The Balaban J connectivity index is 2.96. The molecule has 0 radical (unpaired) electrons. The molecule has 0 fully saturated rings. The molecule has 0 aliphatic heterocycles. The van der Waals surface area contributed by atoms with Crippen molar-refractivity contribution in [1.29, 1.82) is 0 Å². The van der Waals surface area contributed by atoms with E-state index in [4.69, 9.17) is 9.16 Å². The fraction of sp³-hybridized carbons (Fsp3) is 0.538. The number of benzene rings is 1. The maximum atomic E-state index is 6.20. The minimum Gasteiger partial charge on any atom is -0.541 e. The molecule has 0 atom stereocenters. The molecule has 0 saturated carbocycles. The van der Waals surface area contributed by atoms with Gasteiger partial charge >= 0.3 is 0 Å². The van der Waals surface area contributed by atoms with E-state index in [9.17, 15) is 0 Å². The highest BCUT2D eigenvalue weighted by atomic mass is 28.4. The Morgan fingerprint density at radius 1 is 1.00 bits per heavy atom. The Hall–Kier alpha value is -0.963. The van der Waals surface area contributed by atoms with Crippen LogP contribution in [0.2, 0.25) is 18.1 Å². The van der Waals surface area contributed by atoms with Gasteiger partial charge in [-0.05, 0) is 30.3 Å². The number of hydrogen-bond acceptors (Lipinski definition) is 2. The molecule has 90 valence electrons. The van der Waals surface area contributed by atoms with E-state index in [0.29, 0.717) is 0 Å². The molecule has 1 aromatic rings. The number of para-hydroxylation sites is 2. The van der Waals surface area contributed by atoms with Crippen molar-refractivity contribution in [2.24, 2.45) is 0 Å². The summed E-state index contributed by atoms with van der Waals surface area (Å²) >= 11 is 0. The third-order valence-corrected chi connectivity index (χ3v) is 7.58. The summed E-state index contributed by atoms with van der Waals surface area (Å²) in [6.07, 6.45) is 0. The highest BCUT2D eigenvalue weighted by Gasteiger charge is 2.39. The van der Waals surface area contributed by atoms with Gasteiger partial charge in [-0.25, -0.2) is 0 Å². The van der Waals surface area contributed by atoms with E-state index in [1.165, 1.54) is 0 Å². The van der Waals surface area contributed by atoms with E-state index in [1.807, 2.05) is 24.3 Å². The predicted octanol–water partition coefficient (Wildman–Crippen LogP) is 4.08. The standard InChI is InChI=1S/C13H22O2Si/c1-13(2,3)16(5,6)15-12-10-8-7-9-11(12)14-4/h7-10H,1-6H3. The third-order valence-electron chi connectivity index (χ3n) is 3.24. The van der Waals surface area contributed by atoms with Gasteiger partial charge in [-0.2, -0.15) is 0 Å². The zero-order chi connectivity index (χ0) is 12.4. The van der Waals surface area contributed by atoms with Gasteiger partial charge < -0.3 is 9.16 Å². The second-order valence-corrected chi connectivity index (χ2v) is 10.2. The first-order valence-corrected chi connectivity index (χ1v) is 8.51. The van der Waals surface area contributed by atoms with Crippen LogP contribution < -0.4 is 9.16 Å². The van der Waals surface area contributed by atoms with Crippen molar-refractivity contribution < 1.29 is 9.16 Å².